The number of rotatable bonds is 7. The number of ether oxygens (including phenoxy) is 2. The molecular formula is C16H19NO4S. The quantitative estimate of drug-likeness (QED) is 0.736. The monoisotopic (exact) mass is 321 g/mol. The first-order valence-corrected chi connectivity index (χ1v) is 7.81. The van der Waals surface area contributed by atoms with Crippen LogP contribution in [0, 0.1) is 0 Å². The molecule has 22 heavy (non-hydrogen) atoms. The van der Waals surface area contributed by atoms with Gasteiger partial charge >= 0.3 is 5.97 Å². The molecule has 0 bridgehead atoms. The number of fused-ring (bicyclic) bond motifs is 1. The summed E-state index contributed by atoms with van der Waals surface area (Å²) in [6.07, 6.45) is 0.177. The van der Waals surface area contributed by atoms with E-state index in [1.807, 2.05) is 30.3 Å². The van der Waals surface area contributed by atoms with Crippen molar-refractivity contribution >= 4 is 33.3 Å². The SMILES string of the molecule is COCCN(CCC(=O)OC)C(=O)c1cc2ccccc2s1. The highest BCUT2D eigenvalue weighted by Gasteiger charge is 2.19. The highest BCUT2D eigenvalue weighted by molar-refractivity contribution is 7.20. The molecule has 1 aromatic carbocycles. The first-order chi connectivity index (χ1) is 10.7. The molecule has 0 aliphatic rings. The lowest BCUT2D eigenvalue weighted by atomic mass is 10.2. The number of amides is 1. The van der Waals surface area contributed by atoms with Crippen molar-refractivity contribution in [2.24, 2.45) is 0 Å². The minimum Gasteiger partial charge on any atom is -0.469 e. The van der Waals surface area contributed by atoms with Crippen LogP contribution in [0.25, 0.3) is 10.1 Å². The van der Waals surface area contributed by atoms with Crippen LogP contribution in [-0.2, 0) is 14.3 Å². The molecule has 0 N–H and O–H groups in total. The average Bonchev–Trinajstić information content (AvgIpc) is 2.98. The van der Waals surface area contributed by atoms with Gasteiger partial charge in [-0.2, -0.15) is 0 Å². The largest absolute Gasteiger partial charge is 0.469 e. The van der Waals surface area contributed by atoms with Gasteiger partial charge in [-0.1, -0.05) is 18.2 Å². The lowest BCUT2D eigenvalue weighted by molar-refractivity contribution is -0.140. The maximum atomic E-state index is 12.6. The molecule has 1 amide bonds. The predicted octanol–water partition coefficient (Wildman–Crippen LogP) is 2.55. The maximum absolute atomic E-state index is 12.6. The molecule has 0 saturated heterocycles. The molecule has 0 aliphatic carbocycles. The first-order valence-electron chi connectivity index (χ1n) is 6.99. The van der Waals surface area contributed by atoms with E-state index in [9.17, 15) is 9.59 Å². The second-order valence-corrected chi connectivity index (χ2v) is 5.84. The lowest BCUT2D eigenvalue weighted by Crippen LogP contribution is -2.35. The Hall–Kier alpha value is -1.92. The first kappa shape index (κ1) is 16.5. The highest BCUT2D eigenvalue weighted by Crippen LogP contribution is 2.26. The van der Waals surface area contributed by atoms with Crippen LogP contribution in [-0.4, -0.2) is 50.7 Å². The second kappa shape index (κ2) is 7.91. The molecule has 5 nitrogen and oxygen atoms in total. The Morgan fingerprint density at radius 1 is 1.18 bits per heavy atom. The molecular weight excluding hydrogens is 302 g/mol. The molecule has 118 valence electrons. The van der Waals surface area contributed by atoms with Crippen molar-refractivity contribution in [2.45, 2.75) is 6.42 Å². The number of benzene rings is 1. The van der Waals surface area contributed by atoms with E-state index < -0.39 is 0 Å². The summed E-state index contributed by atoms with van der Waals surface area (Å²) in [4.78, 5) is 26.2. The summed E-state index contributed by atoms with van der Waals surface area (Å²) in [7, 11) is 2.93. The Morgan fingerprint density at radius 3 is 2.64 bits per heavy atom. The minimum absolute atomic E-state index is 0.0813. The van der Waals surface area contributed by atoms with Gasteiger partial charge in [-0.15, -0.1) is 11.3 Å². The van der Waals surface area contributed by atoms with E-state index in [-0.39, 0.29) is 18.3 Å². The topological polar surface area (TPSA) is 55.8 Å². The molecule has 1 aromatic heterocycles. The van der Waals surface area contributed by atoms with Crippen molar-refractivity contribution in [1.82, 2.24) is 4.90 Å². The number of nitrogens with zero attached hydrogens (tertiary/aromatic N) is 1. The van der Waals surface area contributed by atoms with Crippen LogP contribution in [0.15, 0.2) is 30.3 Å². The van der Waals surface area contributed by atoms with Gasteiger partial charge in [0, 0.05) is 24.9 Å². The molecule has 2 aromatic rings. The zero-order chi connectivity index (χ0) is 15.9. The third kappa shape index (κ3) is 4.05. The van der Waals surface area contributed by atoms with E-state index in [4.69, 9.17) is 4.74 Å². The van der Waals surface area contributed by atoms with Crippen LogP contribution in [0.2, 0.25) is 0 Å². The third-order valence-corrected chi connectivity index (χ3v) is 4.41. The van der Waals surface area contributed by atoms with E-state index in [0.717, 1.165) is 10.1 Å². The zero-order valence-electron chi connectivity index (χ0n) is 12.7. The molecule has 0 saturated carbocycles. The van der Waals surface area contributed by atoms with E-state index in [0.29, 0.717) is 24.6 Å². The van der Waals surface area contributed by atoms with E-state index in [1.54, 1.807) is 12.0 Å². The third-order valence-electron chi connectivity index (χ3n) is 3.30. The summed E-state index contributed by atoms with van der Waals surface area (Å²) in [5, 5.41) is 1.05. The second-order valence-electron chi connectivity index (χ2n) is 4.76. The van der Waals surface area contributed by atoms with Gasteiger partial charge in [-0.3, -0.25) is 9.59 Å². The van der Waals surface area contributed by atoms with Crippen molar-refractivity contribution in [3.8, 4) is 0 Å². The number of carbonyl (C=O) groups is 2. The van der Waals surface area contributed by atoms with Gasteiger partial charge in [0.2, 0.25) is 0 Å². The van der Waals surface area contributed by atoms with Crippen LogP contribution in [0.5, 0.6) is 0 Å². The zero-order valence-corrected chi connectivity index (χ0v) is 13.5. The summed E-state index contributed by atoms with van der Waals surface area (Å²) < 4.78 is 10.8. The van der Waals surface area contributed by atoms with E-state index >= 15 is 0 Å². The Bertz CT molecular complexity index is 619. The van der Waals surface area contributed by atoms with Gasteiger partial charge in [0.25, 0.3) is 5.91 Å². The average molecular weight is 321 g/mol. The summed E-state index contributed by atoms with van der Waals surface area (Å²) in [5.74, 6) is -0.409. The number of esters is 1. The molecule has 1 heterocycles. The van der Waals surface area contributed by atoms with Gasteiger partial charge < -0.3 is 14.4 Å². The van der Waals surface area contributed by atoms with Crippen LogP contribution >= 0.6 is 11.3 Å². The van der Waals surface area contributed by atoms with Crippen molar-refractivity contribution < 1.29 is 19.1 Å². The van der Waals surface area contributed by atoms with Crippen LogP contribution in [0.3, 0.4) is 0 Å². The Kier molecular flexibility index (Phi) is 5.91. The molecule has 2 rings (SSSR count). The number of hydrogen-bond acceptors (Lipinski definition) is 5. The van der Waals surface area contributed by atoms with Crippen molar-refractivity contribution in [1.29, 1.82) is 0 Å². The van der Waals surface area contributed by atoms with Gasteiger partial charge in [0.05, 0.1) is 25.0 Å². The number of methoxy groups -OCH3 is 2. The van der Waals surface area contributed by atoms with E-state index in [2.05, 4.69) is 4.74 Å². The smallest absolute Gasteiger partial charge is 0.307 e. The van der Waals surface area contributed by atoms with Crippen molar-refractivity contribution in [3.05, 3.63) is 35.2 Å². The standard InChI is InChI=1S/C16H19NO4S/c1-20-10-9-17(8-7-15(18)21-2)16(19)14-11-12-5-3-4-6-13(12)22-14/h3-6,11H,7-10H2,1-2H3. The molecule has 0 aliphatic heterocycles. The maximum Gasteiger partial charge on any atom is 0.307 e. The molecule has 6 heteroatoms. The van der Waals surface area contributed by atoms with Gasteiger partial charge in [-0.25, -0.2) is 0 Å². The van der Waals surface area contributed by atoms with Gasteiger partial charge in [-0.05, 0) is 17.5 Å². The molecule has 0 atom stereocenters. The minimum atomic E-state index is -0.327. The van der Waals surface area contributed by atoms with E-state index in [1.165, 1.54) is 18.4 Å². The fourth-order valence-electron chi connectivity index (χ4n) is 2.09. The lowest BCUT2D eigenvalue weighted by Gasteiger charge is -2.21. The number of carbonyl (C=O) groups excluding carboxylic acids is 2. The van der Waals surface area contributed by atoms with Gasteiger partial charge in [0.15, 0.2) is 0 Å². The summed E-state index contributed by atoms with van der Waals surface area (Å²) in [6, 6.07) is 9.76. The fourth-order valence-corrected chi connectivity index (χ4v) is 3.12. The predicted molar refractivity (Wildman–Crippen MR) is 86.2 cm³/mol. The molecule has 0 unspecified atom stereocenters. The van der Waals surface area contributed by atoms with Crippen LogP contribution in [0.4, 0.5) is 0 Å². The fraction of sp³-hybridized carbons (Fsp3) is 0.375. The Morgan fingerprint density at radius 2 is 1.95 bits per heavy atom. The summed E-state index contributed by atoms with van der Waals surface area (Å²) in [5.41, 5.74) is 0. The number of thiophene rings is 1. The molecule has 0 fully saturated rings. The number of hydrogen-bond donors (Lipinski definition) is 0. The summed E-state index contributed by atoms with van der Waals surface area (Å²) in [6.45, 7) is 1.20. The van der Waals surface area contributed by atoms with Crippen molar-refractivity contribution in [3.63, 3.8) is 0 Å². The van der Waals surface area contributed by atoms with Crippen molar-refractivity contribution in [2.75, 3.05) is 33.9 Å². The Labute approximate surface area is 133 Å². The van der Waals surface area contributed by atoms with Crippen LogP contribution in [0.1, 0.15) is 16.1 Å². The highest BCUT2D eigenvalue weighted by atomic mass is 32.1. The Balaban J connectivity index is 2.14. The van der Waals surface area contributed by atoms with Crippen LogP contribution < -0.4 is 0 Å². The molecule has 0 radical (unpaired) electrons. The van der Waals surface area contributed by atoms with Gasteiger partial charge in [0.1, 0.15) is 0 Å². The normalized spacial score (nSPS) is 10.6. The summed E-state index contributed by atoms with van der Waals surface area (Å²) >= 11 is 1.46. The molecule has 0 spiro atoms.